The van der Waals surface area contributed by atoms with Gasteiger partial charge in [-0.2, -0.15) is 11.8 Å². The third kappa shape index (κ3) is 10.4. The zero-order chi connectivity index (χ0) is 48.1. The number of fused-ring (bicyclic) bond motifs is 8. The summed E-state index contributed by atoms with van der Waals surface area (Å²) in [4.78, 5) is 39.2. The van der Waals surface area contributed by atoms with Gasteiger partial charge in [0.05, 0.1) is 81.8 Å². The second-order valence-electron chi connectivity index (χ2n) is 18.2. The van der Waals surface area contributed by atoms with Gasteiger partial charge in [0.15, 0.2) is 23.0 Å². The first kappa shape index (κ1) is 47.8. The van der Waals surface area contributed by atoms with Crippen molar-refractivity contribution in [1.29, 1.82) is 0 Å². The van der Waals surface area contributed by atoms with Crippen molar-refractivity contribution in [2.75, 3.05) is 100 Å². The summed E-state index contributed by atoms with van der Waals surface area (Å²) in [6.45, 7) is 9.30. The number of methoxy groups -OCH3 is 3. The summed E-state index contributed by atoms with van der Waals surface area (Å²) in [6, 6.07) is 29.4. The van der Waals surface area contributed by atoms with Crippen LogP contribution >= 0.6 is 11.8 Å². The molecule has 362 valence electrons. The highest BCUT2D eigenvalue weighted by Crippen LogP contribution is 2.43. The molecule has 0 spiro atoms. The van der Waals surface area contributed by atoms with Gasteiger partial charge in [-0.25, -0.2) is 0 Å². The Balaban J connectivity index is 0.994. The molecule has 5 aromatic rings. The van der Waals surface area contributed by atoms with Crippen molar-refractivity contribution in [3.05, 3.63) is 124 Å². The minimum Gasteiger partial charge on any atom is -0.493 e. The molecule has 0 aromatic heterocycles. The Morgan fingerprint density at radius 1 is 0.710 bits per heavy atom. The lowest BCUT2D eigenvalue weighted by molar-refractivity contribution is 0.0264. The minimum atomic E-state index is -0.180. The smallest absolute Gasteiger partial charge is 0.261 e. The number of thioether (sulfide) groups is 1. The molecule has 4 heterocycles. The lowest BCUT2D eigenvalue weighted by atomic mass is 10.1. The van der Waals surface area contributed by atoms with Gasteiger partial charge in [0.1, 0.15) is 13.2 Å². The maximum atomic E-state index is 14.2. The van der Waals surface area contributed by atoms with Gasteiger partial charge in [0.2, 0.25) is 0 Å². The first-order chi connectivity index (χ1) is 33.6. The summed E-state index contributed by atoms with van der Waals surface area (Å²) >= 11 is 1.80. The molecule has 0 saturated carbocycles. The van der Waals surface area contributed by atoms with Gasteiger partial charge in [0.25, 0.3) is 11.8 Å². The monoisotopic (exact) mass is 955 g/mol. The van der Waals surface area contributed by atoms with E-state index in [1.54, 1.807) is 51.3 Å². The Hall–Kier alpha value is -6.26. The van der Waals surface area contributed by atoms with E-state index in [1.165, 1.54) is 5.56 Å². The summed E-state index contributed by atoms with van der Waals surface area (Å²) in [6.07, 6.45) is 5.47. The van der Waals surface area contributed by atoms with E-state index in [9.17, 15) is 9.59 Å². The Bertz CT molecular complexity index is 2710. The van der Waals surface area contributed by atoms with E-state index < -0.39 is 0 Å². The van der Waals surface area contributed by atoms with Crippen molar-refractivity contribution in [1.82, 2.24) is 0 Å². The fraction of sp³-hybridized carbons (Fsp3) is 0.389. The number of nitrogens with zero attached hydrogens (tertiary/aromatic N) is 4. The van der Waals surface area contributed by atoms with Crippen LogP contribution in [0.25, 0.3) is 0 Å². The molecule has 0 aliphatic carbocycles. The van der Waals surface area contributed by atoms with Crippen molar-refractivity contribution >= 4 is 58.2 Å². The van der Waals surface area contributed by atoms with Crippen LogP contribution < -0.4 is 39.0 Å². The molecule has 2 amide bonds. The Morgan fingerprint density at radius 3 is 2.00 bits per heavy atom. The Morgan fingerprint density at radius 2 is 1.32 bits per heavy atom. The van der Waals surface area contributed by atoms with Gasteiger partial charge < -0.3 is 48.3 Å². The molecule has 0 fully saturated rings. The molecule has 0 radical (unpaired) electrons. The van der Waals surface area contributed by atoms with Crippen molar-refractivity contribution in [3.63, 3.8) is 0 Å². The lowest BCUT2D eigenvalue weighted by Gasteiger charge is -2.33. The van der Waals surface area contributed by atoms with Gasteiger partial charge in [-0.3, -0.25) is 19.5 Å². The number of hydrogen-bond donors (Lipinski definition) is 1. The fourth-order valence-electron chi connectivity index (χ4n) is 9.48. The average Bonchev–Trinajstić information content (AvgIpc) is 3.86. The normalized spacial score (nSPS) is 16.6. The first-order valence-corrected chi connectivity index (χ1v) is 24.7. The van der Waals surface area contributed by atoms with Gasteiger partial charge in [-0.15, -0.1) is 0 Å². The summed E-state index contributed by atoms with van der Waals surface area (Å²) in [7, 11) is 4.82. The molecule has 2 atom stereocenters. The standard InChI is InChI=1S/C54H61N5O9S/c1-54(2,69-6)34-57(15-16-65-19-20-66-18-17-62-3)39-22-35(32-67-50-28-44-42(26-48(50)63-4)52(60)58-40(30-55-44)24-37-11-7-9-13-46(37)58)21-36(23-39)33-68-51-29-45-43(27-49(51)64-5)53(61)59-41(31-56-45)25-38-12-8-10-14-47(38)59/h7-14,21-23,26-30,40-41,56H,15-20,24-25,31-34H2,1-6H3/t40-,41-/m0/s1. The average molecular weight is 956 g/mol. The number of aliphatic imine (C=N–C) groups is 1. The Labute approximate surface area is 408 Å². The molecule has 5 aromatic carbocycles. The quantitative estimate of drug-likeness (QED) is 0.0706. The van der Waals surface area contributed by atoms with Gasteiger partial charge in [-0.05, 0) is 91.2 Å². The SMILES string of the molecule is COCCOCCOCCN(CC(C)(C)SC)c1cc(COc2cc3c(cc2OC)C(=O)N2c4ccccc4C[C@H]2C=N3)cc(COc2cc3c(cc2OC)C(=O)N2c4ccccc4C[C@H]2CN3)c1. The number of rotatable bonds is 21. The van der Waals surface area contributed by atoms with Crippen LogP contribution in [-0.2, 0) is 40.3 Å². The molecular formula is C54H61N5O9S. The predicted octanol–water partition coefficient (Wildman–Crippen LogP) is 8.77. The van der Waals surface area contributed by atoms with Crippen LogP contribution in [0.15, 0.2) is 96.0 Å². The van der Waals surface area contributed by atoms with Crippen LogP contribution in [0.4, 0.5) is 28.4 Å². The number of para-hydroxylation sites is 2. The summed E-state index contributed by atoms with van der Waals surface area (Å²) in [5, 5.41) is 3.55. The molecule has 0 bridgehead atoms. The van der Waals surface area contributed by atoms with Crippen LogP contribution in [0.3, 0.4) is 0 Å². The molecule has 14 nitrogen and oxygen atoms in total. The third-order valence-corrected chi connectivity index (χ3v) is 14.3. The van der Waals surface area contributed by atoms with E-state index in [0.29, 0.717) is 98.0 Å². The van der Waals surface area contributed by atoms with Crippen LogP contribution in [-0.4, -0.2) is 115 Å². The molecule has 15 heteroatoms. The molecule has 1 N–H and O–H groups in total. The van der Waals surface area contributed by atoms with E-state index in [1.807, 2.05) is 58.5 Å². The largest absolute Gasteiger partial charge is 0.493 e. The number of carbonyl (C=O) groups excluding carboxylic acids is 2. The van der Waals surface area contributed by atoms with Crippen molar-refractivity contribution in [2.24, 2.45) is 4.99 Å². The van der Waals surface area contributed by atoms with E-state index in [4.69, 9.17) is 38.2 Å². The number of nitrogens with one attached hydrogen (secondary N) is 1. The number of carbonyl (C=O) groups is 2. The third-order valence-electron chi connectivity index (χ3n) is 13.1. The highest BCUT2D eigenvalue weighted by molar-refractivity contribution is 7.99. The van der Waals surface area contributed by atoms with Crippen molar-refractivity contribution in [3.8, 4) is 23.0 Å². The summed E-state index contributed by atoms with van der Waals surface area (Å²) in [5.41, 5.74) is 9.11. The highest BCUT2D eigenvalue weighted by atomic mass is 32.2. The zero-order valence-corrected chi connectivity index (χ0v) is 41.1. The number of amides is 2. The number of benzene rings is 5. The van der Waals surface area contributed by atoms with E-state index in [2.05, 4.69) is 60.7 Å². The molecule has 0 unspecified atom stereocenters. The molecule has 0 saturated heterocycles. The molecule has 4 aliphatic heterocycles. The van der Waals surface area contributed by atoms with Gasteiger partial charge in [0, 0.05) is 73.3 Å². The summed E-state index contributed by atoms with van der Waals surface area (Å²) in [5.74, 6) is 1.67. The van der Waals surface area contributed by atoms with E-state index in [-0.39, 0.29) is 41.9 Å². The lowest BCUT2D eigenvalue weighted by Crippen LogP contribution is -2.39. The molecular weight excluding hydrogens is 895 g/mol. The van der Waals surface area contributed by atoms with Gasteiger partial charge in [-0.1, -0.05) is 36.4 Å². The number of anilines is 4. The maximum absolute atomic E-state index is 14.2. The second kappa shape index (κ2) is 21.2. The number of ether oxygens (including phenoxy) is 7. The van der Waals surface area contributed by atoms with Gasteiger partial charge >= 0.3 is 0 Å². The highest BCUT2D eigenvalue weighted by Gasteiger charge is 2.39. The minimum absolute atomic E-state index is 0.00318. The van der Waals surface area contributed by atoms with Crippen molar-refractivity contribution < 1.29 is 42.7 Å². The topological polar surface area (TPSA) is 133 Å². The van der Waals surface area contributed by atoms with Crippen LogP contribution in [0, 0.1) is 0 Å². The first-order valence-electron chi connectivity index (χ1n) is 23.5. The number of hydrogen-bond acceptors (Lipinski definition) is 13. The molecule has 4 aliphatic rings. The van der Waals surface area contributed by atoms with E-state index >= 15 is 0 Å². The predicted molar refractivity (Wildman–Crippen MR) is 273 cm³/mol. The maximum Gasteiger partial charge on any atom is 0.261 e. The molecule has 9 rings (SSSR count). The summed E-state index contributed by atoms with van der Waals surface area (Å²) < 4.78 is 41.7. The van der Waals surface area contributed by atoms with Crippen molar-refractivity contribution in [2.45, 2.75) is 56.7 Å². The zero-order valence-electron chi connectivity index (χ0n) is 40.2. The second-order valence-corrected chi connectivity index (χ2v) is 19.7. The van der Waals surface area contributed by atoms with Crippen LogP contribution in [0.5, 0.6) is 23.0 Å². The fourth-order valence-corrected chi connectivity index (χ4v) is 9.76. The van der Waals surface area contributed by atoms with Crippen LogP contribution in [0.1, 0.15) is 56.8 Å². The van der Waals surface area contributed by atoms with Crippen LogP contribution in [0.2, 0.25) is 0 Å². The Kier molecular flexibility index (Phi) is 14.7. The molecule has 69 heavy (non-hydrogen) atoms. The van der Waals surface area contributed by atoms with E-state index in [0.717, 1.165) is 46.7 Å².